The number of carbonyl (C=O) groups excluding carboxylic acids is 1. The Balaban J connectivity index is 1.44. The molecule has 1 fully saturated rings. The highest BCUT2D eigenvalue weighted by Gasteiger charge is 2.34. The van der Waals surface area contributed by atoms with Crippen LogP contribution in [0.3, 0.4) is 0 Å². The highest BCUT2D eigenvalue weighted by Crippen LogP contribution is 2.43. The number of hydrogen-bond acceptors (Lipinski definition) is 3. The number of benzene rings is 1. The first kappa shape index (κ1) is 16.9. The lowest BCUT2D eigenvalue weighted by atomic mass is 9.81. The van der Waals surface area contributed by atoms with Crippen LogP contribution in [0.25, 0.3) is 0 Å². The molecule has 2 heterocycles. The molecule has 25 heavy (non-hydrogen) atoms. The number of hydrogen-bond donors (Lipinski definition) is 0. The monoisotopic (exact) mass is 375 g/mol. The zero-order valence-corrected chi connectivity index (χ0v) is 15.9. The molecular weight excluding hydrogens is 354 g/mol. The summed E-state index contributed by atoms with van der Waals surface area (Å²) >= 11 is 7.56. The maximum Gasteiger partial charge on any atom is 0.265 e. The number of halogens is 1. The predicted molar refractivity (Wildman–Crippen MR) is 102 cm³/mol. The third-order valence-corrected chi connectivity index (χ3v) is 7.01. The minimum Gasteiger partial charge on any atom is -0.497 e. The zero-order valence-electron chi connectivity index (χ0n) is 14.3. The lowest BCUT2D eigenvalue weighted by Gasteiger charge is -2.35. The molecule has 0 radical (unpaired) electrons. The first-order valence-electron chi connectivity index (χ1n) is 8.86. The number of piperidine rings is 1. The Hall–Kier alpha value is -1.52. The van der Waals surface area contributed by atoms with Gasteiger partial charge in [-0.1, -0.05) is 17.7 Å². The van der Waals surface area contributed by atoms with Crippen LogP contribution in [0.4, 0.5) is 0 Å². The van der Waals surface area contributed by atoms with Crippen LogP contribution in [-0.2, 0) is 6.42 Å². The van der Waals surface area contributed by atoms with Crippen LogP contribution >= 0.6 is 22.9 Å². The lowest BCUT2D eigenvalue weighted by Crippen LogP contribution is -2.39. The van der Waals surface area contributed by atoms with Gasteiger partial charge in [0.25, 0.3) is 5.91 Å². The minimum absolute atomic E-state index is 0.0898. The fraction of sp³-hybridized carbons (Fsp3) is 0.450. The van der Waals surface area contributed by atoms with Gasteiger partial charge in [-0.2, -0.15) is 0 Å². The van der Waals surface area contributed by atoms with E-state index in [1.807, 2.05) is 10.3 Å². The summed E-state index contributed by atoms with van der Waals surface area (Å²) in [4.78, 5) is 15.3. The quantitative estimate of drug-likeness (QED) is 0.756. The number of thiophene rings is 1. The van der Waals surface area contributed by atoms with Crippen LogP contribution in [0, 0.1) is 5.92 Å². The molecule has 1 saturated heterocycles. The van der Waals surface area contributed by atoms with Crippen molar-refractivity contribution in [1.29, 1.82) is 0 Å². The minimum atomic E-state index is 0.0898. The van der Waals surface area contributed by atoms with E-state index < -0.39 is 0 Å². The average Bonchev–Trinajstić information content (AvgIpc) is 3.26. The Labute approximate surface area is 157 Å². The summed E-state index contributed by atoms with van der Waals surface area (Å²) in [5.74, 6) is 2.29. The molecule has 1 unspecified atom stereocenters. The fourth-order valence-electron chi connectivity index (χ4n) is 4.32. The number of carbonyl (C=O) groups is 1. The number of ether oxygens (including phenoxy) is 1. The van der Waals surface area contributed by atoms with E-state index in [9.17, 15) is 4.79 Å². The molecule has 0 saturated carbocycles. The number of aryl methyl sites for hydroxylation is 1. The number of nitrogens with zero attached hydrogens (tertiary/aromatic N) is 1. The average molecular weight is 376 g/mol. The molecule has 2 aliphatic rings. The van der Waals surface area contributed by atoms with Crippen molar-refractivity contribution in [1.82, 2.24) is 4.90 Å². The van der Waals surface area contributed by atoms with Crippen molar-refractivity contribution in [2.75, 3.05) is 20.2 Å². The van der Waals surface area contributed by atoms with E-state index >= 15 is 0 Å². The van der Waals surface area contributed by atoms with Gasteiger partial charge in [0.15, 0.2) is 0 Å². The van der Waals surface area contributed by atoms with E-state index in [1.165, 1.54) is 28.9 Å². The van der Waals surface area contributed by atoms with Crippen LogP contribution in [0.1, 0.15) is 46.0 Å². The van der Waals surface area contributed by atoms with Crippen LogP contribution in [0.2, 0.25) is 5.02 Å². The number of likely N-dealkylation sites (tertiary alicyclic amines) is 1. The molecule has 3 nitrogen and oxygen atoms in total. The smallest absolute Gasteiger partial charge is 0.265 e. The predicted octanol–water partition coefficient (Wildman–Crippen LogP) is 4.99. The van der Waals surface area contributed by atoms with Crippen molar-refractivity contribution < 1.29 is 9.53 Å². The van der Waals surface area contributed by atoms with Crippen molar-refractivity contribution >= 4 is 28.8 Å². The standard InChI is InChI=1S/C20H22ClNO2S/c1-24-15-4-2-13-3-5-16(17(13)12-15)14-6-9-22(10-7-14)20(23)19-18(21)8-11-25-19/h2,4,8,11-12,14,16H,3,5-7,9-10H2,1H3. The Kier molecular flexibility index (Phi) is 4.74. The highest BCUT2D eigenvalue weighted by molar-refractivity contribution is 7.12. The van der Waals surface area contributed by atoms with Crippen LogP contribution < -0.4 is 4.74 Å². The van der Waals surface area contributed by atoms with Gasteiger partial charge in [-0.3, -0.25) is 4.79 Å². The van der Waals surface area contributed by atoms with Gasteiger partial charge in [-0.25, -0.2) is 0 Å². The van der Waals surface area contributed by atoms with E-state index in [1.54, 1.807) is 13.2 Å². The van der Waals surface area contributed by atoms with Gasteiger partial charge in [-0.15, -0.1) is 11.3 Å². The topological polar surface area (TPSA) is 29.5 Å². The summed E-state index contributed by atoms with van der Waals surface area (Å²) in [6.45, 7) is 1.65. The third-order valence-electron chi connectivity index (χ3n) is 5.68. The first-order chi connectivity index (χ1) is 12.2. The van der Waals surface area contributed by atoms with Crippen molar-refractivity contribution in [2.24, 2.45) is 5.92 Å². The van der Waals surface area contributed by atoms with Crippen molar-refractivity contribution in [3.8, 4) is 5.75 Å². The summed E-state index contributed by atoms with van der Waals surface area (Å²) in [5, 5.41) is 2.46. The Morgan fingerprint density at radius 1 is 1.24 bits per heavy atom. The molecule has 1 aromatic carbocycles. The number of amides is 1. The molecule has 1 atom stereocenters. The molecule has 2 aromatic rings. The van der Waals surface area contributed by atoms with E-state index in [2.05, 4.69) is 18.2 Å². The molecule has 1 aliphatic carbocycles. The van der Waals surface area contributed by atoms with E-state index in [0.29, 0.717) is 21.7 Å². The third kappa shape index (κ3) is 3.18. The van der Waals surface area contributed by atoms with Gasteiger partial charge in [0.05, 0.1) is 12.1 Å². The zero-order chi connectivity index (χ0) is 17.4. The summed E-state index contributed by atoms with van der Waals surface area (Å²) < 4.78 is 5.41. The van der Waals surface area contributed by atoms with E-state index in [4.69, 9.17) is 16.3 Å². The maximum atomic E-state index is 12.6. The maximum absolute atomic E-state index is 12.6. The second-order valence-electron chi connectivity index (χ2n) is 6.94. The molecule has 0 N–H and O–H groups in total. The van der Waals surface area contributed by atoms with Gasteiger partial charge in [0.2, 0.25) is 0 Å². The molecule has 5 heteroatoms. The number of rotatable bonds is 3. The second kappa shape index (κ2) is 7.00. The first-order valence-corrected chi connectivity index (χ1v) is 10.1. The van der Waals surface area contributed by atoms with Crippen molar-refractivity contribution in [2.45, 2.75) is 31.6 Å². The molecule has 1 amide bonds. The van der Waals surface area contributed by atoms with E-state index in [-0.39, 0.29) is 5.91 Å². The molecule has 4 rings (SSSR count). The fourth-order valence-corrected chi connectivity index (χ4v) is 5.43. The van der Waals surface area contributed by atoms with Crippen molar-refractivity contribution in [3.05, 3.63) is 50.7 Å². The molecule has 1 aliphatic heterocycles. The largest absolute Gasteiger partial charge is 0.497 e. The molecular formula is C20H22ClNO2S. The van der Waals surface area contributed by atoms with Gasteiger partial charge < -0.3 is 9.64 Å². The molecule has 0 spiro atoms. The number of fused-ring (bicyclic) bond motifs is 1. The number of methoxy groups -OCH3 is 1. The Morgan fingerprint density at radius 2 is 2.04 bits per heavy atom. The summed E-state index contributed by atoms with van der Waals surface area (Å²) in [7, 11) is 1.73. The van der Waals surface area contributed by atoms with Crippen molar-refractivity contribution in [3.63, 3.8) is 0 Å². The molecule has 1 aromatic heterocycles. The van der Waals surface area contributed by atoms with Crippen LogP contribution in [0.15, 0.2) is 29.6 Å². The molecule has 0 bridgehead atoms. The normalized spacial score (nSPS) is 20.6. The lowest BCUT2D eigenvalue weighted by molar-refractivity contribution is 0.0682. The van der Waals surface area contributed by atoms with Crippen LogP contribution in [-0.4, -0.2) is 31.0 Å². The Bertz CT molecular complexity index is 780. The summed E-state index contributed by atoms with van der Waals surface area (Å²) in [5.41, 5.74) is 2.93. The van der Waals surface area contributed by atoms with Gasteiger partial charge in [-0.05, 0) is 72.2 Å². The van der Waals surface area contributed by atoms with Gasteiger partial charge >= 0.3 is 0 Å². The van der Waals surface area contributed by atoms with Gasteiger partial charge in [0, 0.05) is 13.1 Å². The molecule has 132 valence electrons. The Morgan fingerprint density at radius 3 is 2.72 bits per heavy atom. The van der Waals surface area contributed by atoms with Gasteiger partial charge in [0.1, 0.15) is 10.6 Å². The summed E-state index contributed by atoms with van der Waals surface area (Å²) in [6.07, 6.45) is 4.51. The highest BCUT2D eigenvalue weighted by atomic mass is 35.5. The SMILES string of the molecule is COc1ccc2c(c1)C(C1CCN(C(=O)c3sccc3Cl)CC1)CC2. The summed E-state index contributed by atoms with van der Waals surface area (Å²) in [6, 6.07) is 8.30. The van der Waals surface area contributed by atoms with E-state index in [0.717, 1.165) is 38.1 Å². The van der Waals surface area contributed by atoms with Crippen LogP contribution in [0.5, 0.6) is 5.75 Å². The second-order valence-corrected chi connectivity index (χ2v) is 8.26.